The van der Waals surface area contributed by atoms with Crippen LogP contribution in [0.15, 0.2) is 18.2 Å². The fourth-order valence-corrected chi connectivity index (χ4v) is 1.60. The summed E-state index contributed by atoms with van der Waals surface area (Å²) in [4.78, 5) is 12.6. The molecule has 1 aromatic carbocycles. The highest BCUT2D eigenvalue weighted by molar-refractivity contribution is 5.62. The summed E-state index contributed by atoms with van der Waals surface area (Å²) in [5.74, 6) is 0. The van der Waals surface area contributed by atoms with Crippen LogP contribution in [0.2, 0.25) is 0 Å². The molecule has 0 saturated heterocycles. The van der Waals surface area contributed by atoms with Crippen LogP contribution in [0.3, 0.4) is 0 Å². The van der Waals surface area contributed by atoms with Crippen molar-refractivity contribution < 1.29 is 4.92 Å². The maximum atomic E-state index is 10.8. The molecule has 0 fully saturated rings. The summed E-state index contributed by atoms with van der Waals surface area (Å²) in [6, 6.07) is 5.23. The fourth-order valence-electron chi connectivity index (χ4n) is 1.60. The molecule has 0 aromatic heterocycles. The van der Waals surface area contributed by atoms with Gasteiger partial charge in [0.15, 0.2) is 0 Å². The summed E-state index contributed by atoms with van der Waals surface area (Å²) in [5.41, 5.74) is 1.81. The van der Waals surface area contributed by atoms with Crippen LogP contribution in [-0.4, -0.2) is 30.0 Å². The van der Waals surface area contributed by atoms with E-state index in [1.807, 2.05) is 26.1 Å². The van der Waals surface area contributed by atoms with Crippen molar-refractivity contribution in [2.24, 2.45) is 0 Å². The van der Waals surface area contributed by atoms with Gasteiger partial charge in [0.1, 0.15) is 5.69 Å². The number of nitrogens with zero attached hydrogens (tertiary/aromatic N) is 2. The minimum absolute atomic E-state index is 0.134. The molecule has 0 unspecified atom stereocenters. The predicted octanol–water partition coefficient (Wildman–Crippen LogP) is 2.48. The van der Waals surface area contributed by atoms with Crippen molar-refractivity contribution in [1.82, 2.24) is 4.90 Å². The summed E-state index contributed by atoms with van der Waals surface area (Å²) in [5, 5.41) is 13.9. The first-order chi connectivity index (χ1) is 8.08. The zero-order valence-corrected chi connectivity index (χ0v) is 10.6. The lowest BCUT2D eigenvalue weighted by Gasteiger charge is -2.14. The fraction of sp³-hybridized carbons (Fsp3) is 0.500. The maximum absolute atomic E-state index is 10.8. The first-order valence-electron chi connectivity index (χ1n) is 5.78. The van der Waals surface area contributed by atoms with Gasteiger partial charge in [-0.2, -0.15) is 0 Å². The second-order valence-corrected chi connectivity index (χ2v) is 3.97. The number of rotatable bonds is 6. The standard InChI is InChI=1S/C12H19N3O2/c1-4-13-11-8-10(9-14(3)5-2)6-7-12(11)15(16)17/h6-8,13H,4-5,9H2,1-3H3. The first kappa shape index (κ1) is 13.4. The molecule has 0 aliphatic carbocycles. The molecule has 0 heterocycles. The van der Waals surface area contributed by atoms with Crippen molar-refractivity contribution >= 4 is 11.4 Å². The molecule has 0 aliphatic rings. The highest BCUT2D eigenvalue weighted by Gasteiger charge is 2.13. The van der Waals surface area contributed by atoms with Crippen LogP contribution < -0.4 is 5.32 Å². The highest BCUT2D eigenvalue weighted by Crippen LogP contribution is 2.25. The van der Waals surface area contributed by atoms with E-state index in [2.05, 4.69) is 17.1 Å². The van der Waals surface area contributed by atoms with Crippen molar-refractivity contribution in [3.8, 4) is 0 Å². The van der Waals surface area contributed by atoms with Crippen molar-refractivity contribution in [1.29, 1.82) is 0 Å². The molecule has 5 nitrogen and oxygen atoms in total. The molecule has 0 aliphatic heterocycles. The Bertz CT molecular complexity index is 393. The summed E-state index contributed by atoms with van der Waals surface area (Å²) < 4.78 is 0. The Balaban J connectivity index is 2.96. The average molecular weight is 237 g/mol. The van der Waals surface area contributed by atoms with Crippen molar-refractivity contribution in [2.75, 3.05) is 25.5 Å². The van der Waals surface area contributed by atoms with E-state index in [-0.39, 0.29) is 10.6 Å². The highest BCUT2D eigenvalue weighted by atomic mass is 16.6. The Morgan fingerprint density at radius 1 is 1.41 bits per heavy atom. The summed E-state index contributed by atoms with van der Waals surface area (Å²) in [7, 11) is 2.02. The summed E-state index contributed by atoms with van der Waals surface area (Å²) in [6.07, 6.45) is 0. The smallest absolute Gasteiger partial charge is 0.292 e. The van der Waals surface area contributed by atoms with Gasteiger partial charge >= 0.3 is 0 Å². The lowest BCUT2D eigenvalue weighted by Crippen LogP contribution is -2.16. The largest absolute Gasteiger partial charge is 0.380 e. The van der Waals surface area contributed by atoms with E-state index in [1.165, 1.54) is 0 Å². The van der Waals surface area contributed by atoms with Crippen LogP contribution in [0.4, 0.5) is 11.4 Å². The number of anilines is 1. The topological polar surface area (TPSA) is 58.4 Å². The van der Waals surface area contributed by atoms with Crippen LogP contribution in [0.1, 0.15) is 19.4 Å². The molecule has 0 radical (unpaired) electrons. The van der Waals surface area contributed by atoms with Crippen molar-refractivity contribution in [3.63, 3.8) is 0 Å². The molecule has 1 N–H and O–H groups in total. The predicted molar refractivity (Wildman–Crippen MR) is 69.3 cm³/mol. The van der Waals surface area contributed by atoms with Crippen molar-refractivity contribution in [2.45, 2.75) is 20.4 Å². The van der Waals surface area contributed by atoms with Gasteiger partial charge < -0.3 is 10.2 Å². The van der Waals surface area contributed by atoms with E-state index in [0.717, 1.165) is 18.7 Å². The number of hydrogen-bond acceptors (Lipinski definition) is 4. The molecule has 0 spiro atoms. The maximum Gasteiger partial charge on any atom is 0.292 e. The van der Waals surface area contributed by atoms with Crippen LogP contribution in [0.25, 0.3) is 0 Å². The van der Waals surface area contributed by atoms with Crippen LogP contribution >= 0.6 is 0 Å². The number of benzene rings is 1. The molecule has 1 aromatic rings. The van der Waals surface area contributed by atoms with Gasteiger partial charge in [-0.15, -0.1) is 0 Å². The first-order valence-corrected chi connectivity index (χ1v) is 5.78. The zero-order chi connectivity index (χ0) is 12.8. The Morgan fingerprint density at radius 3 is 2.65 bits per heavy atom. The van der Waals surface area contributed by atoms with Crippen LogP contribution in [0.5, 0.6) is 0 Å². The molecule has 1 rings (SSSR count). The Morgan fingerprint density at radius 2 is 2.12 bits per heavy atom. The SMILES string of the molecule is CCNc1cc(CN(C)CC)ccc1[N+](=O)[O-]. The Kier molecular flexibility index (Phi) is 4.90. The third-order valence-corrected chi connectivity index (χ3v) is 2.62. The molecule has 5 heteroatoms. The van der Waals surface area contributed by atoms with Crippen molar-refractivity contribution in [3.05, 3.63) is 33.9 Å². The van der Waals surface area contributed by atoms with E-state index in [1.54, 1.807) is 6.07 Å². The van der Waals surface area contributed by atoms with Gasteiger partial charge in [0, 0.05) is 19.2 Å². The average Bonchev–Trinajstić information content (AvgIpc) is 2.29. The van der Waals surface area contributed by atoms with Gasteiger partial charge in [-0.05, 0) is 32.1 Å². The van der Waals surface area contributed by atoms with Gasteiger partial charge in [-0.25, -0.2) is 0 Å². The lowest BCUT2D eigenvalue weighted by atomic mass is 10.1. The molecule has 0 saturated carbocycles. The minimum atomic E-state index is -0.356. The van der Waals surface area contributed by atoms with Gasteiger partial charge in [0.25, 0.3) is 5.69 Å². The quantitative estimate of drug-likeness (QED) is 0.610. The third-order valence-electron chi connectivity index (χ3n) is 2.62. The summed E-state index contributed by atoms with van der Waals surface area (Å²) >= 11 is 0. The third kappa shape index (κ3) is 3.71. The number of nitro benzene ring substituents is 1. The molecular weight excluding hydrogens is 218 g/mol. The molecule has 0 amide bonds. The number of nitro groups is 1. The van der Waals surface area contributed by atoms with E-state index in [9.17, 15) is 10.1 Å². The second kappa shape index (κ2) is 6.20. The van der Waals surface area contributed by atoms with Crippen LogP contribution in [-0.2, 0) is 6.54 Å². The minimum Gasteiger partial charge on any atom is -0.380 e. The van der Waals surface area contributed by atoms with Gasteiger partial charge in [0.2, 0.25) is 0 Å². The molecular formula is C12H19N3O2. The zero-order valence-electron chi connectivity index (χ0n) is 10.6. The molecule has 0 atom stereocenters. The van der Waals surface area contributed by atoms with Crippen LogP contribution in [0, 0.1) is 10.1 Å². The van der Waals surface area contributed by atoms with Gasteiger partial charge in [0.05, 0.1) is 4.92 Å². The Hall–Kier alpha value is -1.62. The number of nitrogens with one attached hydrogen (secondary N) is 1. The normalized spacial score (nSPS) is 10.6. The van der Waals surface area contributed by atoms with Gasteiger partial charge in [-0.3, -0.25) is 10.1 Å². The van der Waals surface area contributed by atoms with Gasteiger partial charge in [-0.1, -0.05) is 13.0 Å². The monoisotopic (exact) mass is 237 g/mol. The van der Waals surface area contributed by atoms with E-state index < -0.39 is 0 Å². The molecule has 0 bridgehead atoms. The van der Waals surface area contributed by atoms with E-state index >= 15 is 0 Å². The number of hydrogen-bond donors (Lipinski definition) is 1. The summed E-state index contributed by atoms with van der Waals surface area (Å²) in [6.45, 7) is 6.43. The second-order valence-electron chi connectivity index (χ2n) is 3.97. The molecule has 17 heavy (non-hydrogen) atoms. The van der Waals surface area contributed by atoms with E-state index in [0.29, 0.717) is 12.2 Å². The van der Waals surface area contributed by atoms with E-state index in [4.69, 9.17) is 0 Å². The lowest BCUT2D eigenvalue weighted by molar-refractivity contribution is -0.384. The Labute approximate surface area is 102 Å². The molecule has 94 valence electrons.